The number of fused-ring (bicyclic) bond motifs is 1. The summed E-state index contributed by atoms with van der Waals surface area (Å²) in [7, 11) is 0. The minimum absolute atomic E-state index is 0.00718. The Bertz CT molecular complexity index is 403. The quantitative estimate of drug-likeness (QED) is 0.882. The summed E-state index contributed by atoms with van der Waals surface area (Å²) in [5.74, 6) is 0. The Morgan fingerprint density at radius 1 is 1.28 bits per heavy atom. The molecule has 0 saturated heterocycles. The van der Waals surface area contributed by atoms with E-state index in [0.717, 1.165) is 24.1 Å². The Morgan fingerprint density at radius 2 is 2.00 bits per heavy atom. The Hall–Kier alpha value is -1.23. The van der Waals surface area contributed by atoms with Crippen LogP contribution in [0.25, 0.3) is 0 Å². The van der Waals surface area contributed by atoms with E-state index in [2.05, 4.69) is 0 Å². The van der Waals surface area contributed by atoms with Gasteiger partial charge in [-0.25, -0.2) is 0 Å². The zero-order valence-corrected chi connectivity index (χ0v) is 10.1. The van der Waals surface area contributed by atoms with E-state index >= 15 is 0 Å². The first-order valence-corrected chi connectivity index (χ1v) is 6.13. The maximum atomic E-state index is 12.3. The van der Waals surface area contributed by atoms with Crippen LogP contribution in [0.4, 0.5) is 18.9 Å². The molecule has 1 aliphatic heterocycles. The molecule has 0 amide bonds. The molecular formula is C13H17F3N2. The number of nitrogens with zero attached hydrogens (tertiary/aromatic N) is 1. The molecule has 0 saturated carbocycles. The molecule has 0 aromatic heterocycles. The summed E-state index contributed by atoms with van der Waals surface area (Å²) in [4.78, 5) is 1.80. The van der Waals surface area contributed by atoms with E-state index in [-0.39, 0.29) is 12.6 Å². The van der Waals surface area contributed by atoms with Crippen molar-refractivity contribution < 1.29 is 13.2 Å². The summed E-state index contributed by atoms with van der Waals surface area (Å²) in [5, 5.41) is 0. The Morgan fingerprint density at radius 3 is 2.72 bits per heavy atom. The van der Waals surface area contributed by atoms with Crippen molar-refractivity contribution in [3.63, 3.8) is 0 Å². The van der Waals surface area contributed by atoms with Gasteiger partial charge in [-0.1, -0.05) is 18.2 Å². The summed E-state index contributed by atoms with van der Waals surface area (Å²) >= 11 is 0. The number of nitrogens with two attached hydrogens (primary N) is 1. The second kappa shape index (κ2) is 5.18. The predicted molar refractivity (Wildman–Crippen MR) is 65.5 cm³/mol. The molecule has 1 aromatic rings. The van der Waals surface area contributed by atoms with Crippen molar-refractivity contribution in [1.29, 1.82) is 0 Å². The van der Waals surface area contributed by atoms with Crippen LogP contribution in [0.5, 0.6) is 0 Å². The molecule has 2 rings (SSSR count). The van der Waals surface area contributed by atoms with E-state index in [4.69, 9.17) is 5.73 Å². The lowest BCUT2D eigenvalue weighted by molar-refractivity contribution is -0.132. The first-order valence-electron chi connectivity index (χ1n) is 6.13. The molecule has 1 aromatic carbocycles. The molecule has 5 heteroatoms. The fraction of sp³-hybridized carbons (Fsp3) is 0.538. The van der Waals surface area contributed by atoms with Crippen LogP contribution in [0, 0.1) is 0 Å². The van der Waals surface area contributed by atoms with E-state index in [1.54, 1.807) is 4.90 Å². The lowest BCUT2D eigenvalue weighted by Gasteiger charge is -2.25. The van der Waals surface area contributed by atoms with Gasteiger partial charge in [0.15, 0.2) is 0 Å². The maximum Gasteiger partial charge on any atom is 0.390 e. The number of para-hydroxylation sites is 1. The van der Waals surface area contributed by atoms with Crippen LogP contribution >= 0.6 is 0 Å². The van der Waals surface area contributed by atoms with Crippen LogP contribution in [0.2, 0.25) is 0 Å². The Kier molecular flexibility index (Phi) is 3.80. The smallest absolute Gasteiger partial charge is 0.371 e. The number of hydrogen-bond acceptors (Lipinski definition) is 2. The molecule has 2 N–H and O–H groups in total. The summed E-state index contributed by atoms with van der Waals surface area (Å²) in [6.45, 7) is 0.647. The SMILES string of the molecule is NC1CCCN(CCC(F)(F)F)c2ccccc21. The van der Waals surface area contributed by atoms with Gasteiger partial charge < -0.3 is 10.6 Å². The largest absolute Gasteiger partial charge is 0.390 e. The van der Waals surface area contributed by atoms with Crippen LogP contribution in [-0.2, 0) is 0 Å². The van der Waals surface area contributed by atoms with Crippen LogP contribution in [0.15, 0.2) is 24.3 Å². The van der Waals surface area contributed by atoms with Gasteiger partial charge in [0, 0.05) is 24.8 Å². The highest BCUT2D eigenvalue weighted by Gasteiger charge is 2.29. The maximum absolute atomic E-state index is 12.3. The molecule has 18 heavy (non-hydrogen) atoms. The molecule has 1 unspecified atom stereocenters. The fourth-order valence-corrected chi connectivity index (χ4v) is 2.36. The molecule has 0 aliphatic carbocycles. The van der Waals surface area contributed by atoms with E-state index in [0.29, 0.717) is 6.54 Å². The number of anilines is 1. The molecule has 1 aliphatic rings. The van der Waals surface area contributed by atoms with Gasteiger partial charge in [-0.3, -0.25) is 0 Å². The van der Waals surface area contributed by atoms with Gasteiger partial charge in [0.25, 0.3) is 0 Å². The average Bonchev–Trinajstić information content (AvgIpc) is 2.46. The zero-order chi connectivity index (χ0) is 13.2. The summed E-state index contributed by atoms with van der Waals surface area (Å²) in [6, 6.07) is 7.42. The monoisotopic (exact) mass is 258 g/mol. The third-order valence-electron chi connectivity index (χ3n) is 3.29. The fourth-order valence-electron chi connectivity index (χ4n) is 2.36. The third kappa shape index (κ3) is 3.16. The van der Waals surface area contributed by atoms with E-state index in [9.17, 15) is 13.2 Å². The number of hydrogen-bond donors (Lipinski definition) is 1. The number of rotatable bonds is 2. The van der Waals surface area contributed by atoms with Crippen molar-refractivity contribution in [3.05, 3.63) is 29.8 Å². The van der Waals surface area contributed by atoms with Crippen LogP contribution in [0.3, 0.4) is 0 Å². The lowest BCUT2D eigenvalue weighted by atomic mass is 10.0. The highest BCUT2D eigenvalue weighted by Crippen LogP contribution is 2.32. The van der Waals surface area contributed by atoms with Crippen molar-refractivity contribution in [2.24, 2.45) is 5.73 Å². The first kappa shape index (κ1) is 13.2. The molecule has 100 valence electrons. The standard InChI is InChI=1S/C13H17F3N2/c14-13(15,16)7-9-18-8-3-5-11(17)10-4-1-2-6-12(10)18/h1-2,4,6,11H,3,5,7-9,17H2. The van der Waals surface area contributed by atoms with Crippen molar-refractivity contribution in [2.45, 2.75) is 31.5 Å². The first-order chi connectivity index (χ1) is 8.47. The Labute approximate surface area is 105 Å². The molecule has 0 fully saturated rings. The summed E-state index contributed by atoms with van der Waals surface area (Å²) < 4.78 is 36.9. The van der Waals surface area contributed by atoms with Crippen LogP contribution in [0.1, 0.15) is 30.9 Å². The zero-order valence-electron chi connectivity index (χ0n) is 10.1. The minimum Gasteiger partial charge on any atom is -0.371 e. The number of halogens is 3. The lowest BCUT2D eigenvalue weighted by Crippen LogP contribution is -2.29. The van der Waals surface area contributed by atoms with E-state index < -0.39 is 12.6 Å². The Balaban J connectivity index is 2.18. The van der Waals surface area contributed by atoms with Crippen molar-refractivity contribution in [1.82, 2.24) is 0 Å². The second-order valence-corrected chi connectivity index (χ2v) is 4.66. The number of benzene rings is 1. The number of alkyl halides is 3. The molecule has 1 heterocycles. The normalized spacial score (nSPS) is 20.4. The molecule has 2 nitrogen and oxygen atoms in total. The second-order valence-electron chi connectivity index (χ2n) is 4.66. The van der Waals surface area contributed by atoms with Crippen LogP contribution in [-0.4, -0.2) is 19.3 Å². The van der Waals surface area contributed by atoms with Gasteiger partial charge in [-0.2, -0.15) is 13.2 Å². The highest BCUT2D eigenvalue weighted by atomic mass is 19.4. The van der Waals surface area contributed by atoms with Gasteiger partial charge in [0.2, 0.25) is 0 Å². The molecule has 0 bridgehead atoms. The van der Waals surface area contributed by atoms with Gasteiger partial charge in [0.1, 0.15) is 0 Å². The molecule has 0 radical (unpaired) electrons. The molecule has 0 spiro atoms. The summed E-state index contributed by atoms with van der Waals surface area (Å²) in [6.07, 6.45) is -3.24. The molecular weight excluding hydrogens is 241 g/mol. The van der Waals surface area contributed by atoms with Gasteiger partial charge in [0.05, 0.1) is 6.42 Å². The van der Waals surface area contributed by atoms with E-state index in [1.807, 2.05) is 24.3 Å². The van der Waals surface area contributed by atoms with Gasteiger partial charge in [-0.15, -0.1) is 0 Å². The topological polar surface area (TPSA) is 29.3 Å². The third-order valence-corrected chi connectivity index (χ3v) is 3.29. The minimum atomic E-state index is -4.11. The predicted octanol–water partition coefficient (Wildman–Crippen LogP) is 3.24. The van der Waals surface area contributed by atoms with Gasteiger partial charge in [-0.05, 0) is 24.5 Å². The van der Waals surface area contributed by atoms with Crippen molar-refractivity contribution >= 4 is 5.69 Å². The summed E-state index contributed by atoms with van der Waals surface area (Å²) in [5.41, 5.74) is 7.85. The van der Waals surface area contributed by atoms with Crippen molar-refractivity contribution in [2.75, 3.05) is 18.0 Å². The van der Waals surface area contributed by atoms with E-state index in [1.165, 1.54) is 0 Å². The van der Waals surface area contributed by atoms with Crippen molar-refractivity contribution in [3.8, 4) is 0 Å². The van der Waals surface area contributed by atoms with Gasteiger partial charge >= 0.3 is 6.18 Å². The highest BCUT2D eigenvalue weighted by molar-refractivity contribution is 5.55. The average molecular weight is 258 g/mol. The van der Waals surface area contributed by atoms with Crippen LogP contribution < -0.4 is 10.6 Å². The molecule has 1 atom stereocenters.